The van der Waals surface area contributed by atoms with E-state index in [4.69, 9.17) is 11.6 Å². The Labute approximate surface area is 107 Å². The van der Waals surface area contributed by atoms with Crippen LogP contribution in [0.25, 0.3) is 22.2 Å². The van der Waals surface area contributed by atoms with Crippen LogP contribution in [0.2, 0.25) is 5.15 Å². The van der Waals surface area contributed by atoms with Gasteiger partial charge in [-0.2, -0.15) is 0 Å². The lowest BCUT2D eigenvalue weighted by molar-refractivity contribution is 1.04. The smallest absolute Gasteiger partial charge is 0.250 e. The van der Waals surface area contributed by atoms with E-state index in [2.05, 4.69) is 15.2 Å². The van der Waals surface area contributed by atoms with E-state index in [1.165, 1.54) is 6.07 Å². The Morgan fingerprint density at radius 1 is 1.06 bits per heavy atom. The summed E-state index contributed by atoms with van der Waals surface area (Å²) >= 11 is 5.85. The van der Waals surface area contributed by atoms with Crippen molar-refractivity contribution < 1.29 is 0 Å². The van der Waals surface area contributed by atoms with Crippen molar-refractivity contribution in [3.8, 4) is 11.1 Å². The molecule has 0 saturated carbocycles. The maximum Gasteiger partial charge on any atom is 0.250 e. The van der Waals surface area contributed by atoms with Crippen LogP contribution < -0.4 is 5.56 Å². The monoisotopic (exact) mass is 257 g/mol. The average Bonchev–Trinajstić information content (AvgIpc) is 2.39. The van der Waals surface area contributed by atoms with Crippen LogP contribution in [-0.2, 0) is 0 Å². The molecular weight excluding hydrogens is 250 g/mol. The van der Waals surface area contributed by atoms with E-state index >= 15 is 0 Å². The number of aromatic nitrogens is 3. The number of H-pyrrole nitrogens is 1. The molecule has 88 valence electrons. The third kappa shape index (κ3) is 1.87. The van der Waals surface area contributed by atoms with Crippen LogP contribution in [0, 0.1) is 0 Å². The summed E-state index contributed by atoms with van der Waals surface area (Å²) in [7, 11) is 0. The van der Waals surface area contributed by atoms with Crippen LogP contribution in [0.15, 0.2) is 47.3 Å². The number of benzene rings is 1. The number of hydrogen-bond acceptors (Lipinski definition) is 3. The summed E-state index contributed by atoms with van der Waals surface area (Å²) in [6.45, 7) is 0. The number of halogens is 1. The van der Waals surface area contributed by atoms with Crippen LogP contribution in [0.5, 0.6) is 0 Å². The number of nitrogens with one attached hydrogen (secondary N) is 1. The molecule has 0 bridgehead atoms. The number of fused-ring (bicyclic) bond motifs is 1. The summed E-state index contributed by atoms with van der Waals surface area (Å²) in [6, 6.07) is 12.9. The van der Waals surface area contributed by atoms with Crippen LogP contribution in [0.3, 0.4) is 0 Å². The number of rotatable bonds is 1. The molecule has 18 heavy (non-hydrogen) atoms. The molecule has 0 spiro atoms. The van der Waals surface area contributed by atoms with Crippen LogP contribution in [0.4, 0.5) is 0 Å². The normalized spacial score (nSPS) is 10.7. The van der Waals surface area contributed by atoms with Gasteiger partial charge in [0.2, 0.25) is 5.56 Å². The predicted molar refractivity (Wildman–Crippen MR) is 70.6 cm³/mol. The molecule has 5 heteroatoms. The third-order valence-corrected chi connectivity index (χ3v) is 2.84. The summed E-state index contributed by atoms with van der Waals surface area (Å²) in [5.74, 6) is 0. The summed E-state index contributed by atoms with van der Waals surface area (Å²) in [6.07, 6.45) is 0. The minimum absolute atomic E-state index is 0.210. The lowest BCUT2D eigenvalue weighted by atomic mass is 10.0. The summed E-state index contributed by atoms with van der Waals surface area (Å²) < 4.78 is 0. The maximum atomic E-state index is 11.6. The zero-order valence-corrected chi connectivity index (χ0v) is 9.98. The molecular formula is C13H8ClN3O. The Hall–Kier alpha value is -2.20. The minimum Gasteiger partial charge on any atom is -0.305 e. The number of hydrogen-bond donors (Lipinski definition) is 1. The molecule has 1 aromatic carbocycles. The standard InChI is InChI=1S/C13H8ClN3O/c14-11-6-10-9(8-4-2-1-3-5-8)7-12(18)15-13(10)17-16-11/h1-7H,(H,15,17,18). The molecule has 0 aliphatic rings. The van der Waals surface area contributed by atoms with Gasteiger partial charge in [0, 0.05) is 11.5 Å². The fourth-order valence-electron chi connectivity index (χ4n) is 1.88. The van der Waals surface area contributed by atoms with E-state index in [0.717, 1.165) is 16.5 Å². The van der Waals surface area contributed by atoms with Crippen molar-refractivity contribution in [2.45, 2.75) is 0 Å². The summed E-state index contributed by atoms with van der Waals surface area (Å²) in [4.78, 5) is 14.2. The Morgan fingerprint density at radius 2 is 1.83 bits per heavy atom. The molecule has 2 aromatic heterocycles. The first-order valence-corrected chi connectivity index (χ1v) is 5.73. The zero-order chi connectivity index (χ0) is 12.5. The second-order valence-corrected chi connectivity index (χ2v) is 4.23. The van der Waals surface area contributed by atoms with Gasteiger partial charge < -0.3 is 4.98 Å². The molecule has 2 heterocycles. The highest BCUT2D eigenvalue weighted by Crippen LogP contribution is 2.25. The first-order valence-electron chi connectivity index (χ1n) is 5.36. The Bertz CT molecular complexity index is 768. The third-order valence-electron chi connectivity index (χ3n) is 2.66. The second kappa shape index (κ2) is 4.23. The fraction of sp³-hybridized carbons (Fsp3) is 0. The molecule has 0 aliphatic carbocycles. The van der Waals surface area contributed by atoms with Crippen molar-refractivity contribution in [1.82, 2.24) is 15.2 Å². The Morgan fingerprint density at radius 3 is 2.61 bits per heavy atom. The molecule has 0 fully saturated rings. The number of nitrogens with zero attached hydrogens (tertiary/aromatic N) is 2. The van der Waals surface area contributed by atoms with Gasteiger partial charge in [0.15, 0.2) is 10.8 Å². The zero-order valence-electron chi connectivity index (χ0n) is 9.22. The molecule has 0 unspecified atom stereocenters. The van der Waals surface area contributed by atoms with Gasteiger partial charge >= 0.3 is 0 Å². The van der Waals surface area contributed by atoms with Crippen molar-refractivity contribution in [1.29, 1.82) is 0 Å². The predicted octanol–water partition coefficient (Wildman–Crippen LogP) is 2.64. The van der Waals surface area contributed by atoms with Gasteiger partial charge in [-0.15, -0.1) is 10.2 Å². The maximum absolute atomic E-state index is 11.6. The summed E-state index contributed by atoms with van der Waals surface area (Å²) in [5.41, 5.74) is 1.97. The number of aromatic amines is 1. The van der Waals surface area contributed by atoms with Gasteiger partial charge in [0.1, 0.15) is 0 Å². The van der Waals surface area contributed by atoms with E-state index < -0.39 is 0 Å². The first-order chi connectivity index (χ1) is 8.74. The molecule has 3 aromatic rings. The molecule has 0 aliphatic heterocycles. The molecule has 0 radical (unpaired) electrons. The van der Waals surface area contributed by atoms with Gasteiger partial charge in [-0.25, -0.2) is 0 Å². The minimum atomic E-state index is -0.210. The van der Waals surface area contributed by atoms with Gasteiger partial charge in [-0.3, -0.25) is 4.79 Å². The lowest BCUT2D eigenvalue weighted by Crippen LogP contribution is -2.06. The Balaban J connectivity index is 2.41. The van der Waals surface area contributed by atoms with Crippen LogP contribution in [-0.4, -0.2) is 15.2 Å². The fourth-order valence-corrected chi connectivity index (χ4v) is 2.03. The molecule has 1 N–H and O–H groups in total. The van der Waals surface area contributed by atoms with E-state index in [-0.39, 0.29) is 5.56 Å². The second-order valence-electron chi connectivity index (χ2n) is 3.84. The van der Waals surface area contributed by atoms with Gasteiger partial charge in [0.25, 0.3) is 0 Å². The van der Waals surface area contributed by atoms with Crippen molar-refractivity contribution in [2.24, 2.45) is 0 Å². The van der Waals surface area contributed by atoms with E-state index in [1.807, 2.05) is 30.3 Å². The summed E-state index contributed by atoms with van der Waals surface area (Å²) in [5, 5.41) is 8.70. The van der Waals surface area contributed by atoms with Gasteiger partial charge in [-0.1, -0.05) is 41.9 Å². The van der Waals surface area contributed by atoms with Crippen molar-refractivity contribution in [3.05, 3.63) is 58.0 Å². The van der Waals surface area contributed by atoms with Crippen molar-refractivity contribution in [2.75, 3.05) is 0 Å². The van der Waals surface area contributed by atoms with Crippen LogP contribution >= 0.6 is 11.6 Å². The molecule has 4 nitrogen and oxygen atoms in total. The quantitative estimate of drug-likeness (QED) is 0.729. The topological polar surface area (TPSA) is 58.6 Å². The van der Waals surface area contributed by atoms with E-state index in [9.17, 15) is 4.79 Å². The van der Waals surface area contributed by atoms with Crippen molar-refractivity contribution >= 4 is 22.6 Å². The molecule has 0 atom stereocenters. The number of pyridine rings is 1. The van der Waals surface area contributed by atoms with E-state index in [1.54, 1.807) is 6.07 Å². The molecule has 0 saturated heterocycles. The molecule has 0 amide bonds. The lowest BCUT2D eigenvalue weighted by Gasteiger charge is -2.05. The van der Waals surface area contributed by atoms with Crippen LogP contribution in [0.1, 0.15) is 0 Å². The SMILES string of the molecule is O=c1cc(-c2ccccc2)c2cc(Cl)nnc2[nH]1. The molecule has 3 rings (SSSR count). The van der Waals surface area contributed by atoms with Gasteiger partial charge in [0.05, 0.1) is 0 Å². The largest absolute Gasteiger partial charge is 0.305 e. The highest BCUT2D eigenvalue weighted by atomic mass is 35.5. The Kier molecular flexibility index (Phi) is 2.57. The highest BCUT2D eigenvalue weighted by Gasteiger charge is 2.07. The first kappa shape index (κ1) is 10.9. The van der Waals surface area contributed by atoms with E-state index in [0.29, 0.717) is 10.8 Å². The average molecular weight is 258 g/mol. The van der Waals surface area contributed by atoms with Crippen molar-refractivity contribution in [3.63, 3.8) is 0 Å². The van der Waals surface area contributed by atoms with Gasteiger partial charge in [-0.05, 0) is 17.2 Å². The highest BCUT2D eigenvalue weighted by molar-refractivity contribution is 6.30.